The van der Waals surface area contributed by atoms with Gasteiger partial charge < -0.3 is 19.8 Å². The van der Waals surface area contributed by atoms with Crippen molar-refractivity contribution in [3.8, 4) is 11.4 Å². The van der Waals surface area contributed by atoms with E-state index in [0.717, 1.165) is 17.1 Å². The molecule has 2 amide bonds. The molecule has 0 atom stereocenters. The highest BCUT2D eigenvalue weighted by molar-refractivity contribution is 5.91. The molecule has 2 aromatic heterocycles. The average molecular weight is 368 g/mol. The fourth-order valence-corrected chi connectivity index (χ4v) is 2.40. The van der Waals surface area contributed by atoms with Gasteiger partial charge in [0.1, 0.15) is 5.75 Å². The number of furan rings is 1. The molecule has 8 nitrogen and oxygen atoms in total. The maximum Gasteiger partial charge on any atom is 0.286 e. The number of ether oxygens (including phenoxy) is 1. The standard InChI is InChI=1S/C19H20N4O4/c1-26-16-6-4-15(5-7-16)23-11-9-14(22-23)13-21-18(24)8-10-20-19(25)17-3-2-12-27-17/h2-7,9,11-12H,8,10,13H2,1H3,(H,20,25)(H,21,24). The van der Waals surface area contributed by atoms with Gasteiger partial charge in [-0.05, 0) is 42.5 Å². The maximum atomic E-state index is 11.9. The minimum absolute atomic E-state index is 0.172. The number of hydrogen-bond donors (Lipinski definition) is 2. The molecule has 140 valence electrons. The first kappa shape index (κ1) is 18.2. The van der Waals surface area contributed by atoms with Crippen molar-refractivity contribution in [1.29, 1.82) is 0 Å². The third-order valence-electron chi connectivity index (χ3n) is 3.83. The minimum atomic E-state index is -0.342. The van der Waals surface area contributed by atoms with Crippen molar-refractivity contribution < 1.29 is 18.7 Å². The molecular weight excluding hydrogens is 348 g/mol. The van der Waals surface area contributed by atoms with Gasteiger partial charge in [-0.2, -0.15) is 5.10 Å². The zero-order chi connectivity index (χ0) is 19.1. The van der Waals surface area contributed by atoms with Crippen molar-refractivity contribution in [3.05, 3.63) is 66.4 Å². The highest BCUT2D eigenvalue weighted by Gasteiger charge is 2.09. The number of aromatic nitrogens is 2. The summed E-state index contributed by atoms with van der Waals surface area (Å²) in [6.07, 6.45) is 3.42. The molecule has 0 aliphatic heterocycles. The van der Waals surface area contributed by atoms with Gasteiger partial charge in [-0.1, -0.05) is 0 Å². The first-order chi connectivity index (χ1) is 13.2. The molecule has 0 radical (unpaired) electrons. The van der Waals surface area contributed by atoms with Crippen LogP contribution in [0, 0.1) is 0 Å². The van der Waals surface area contributed by atoms with Crippen LogP contribution in [0.3, 0.4) is 0 Å². The molecule has 3 aromatic rings. The molecule has 0 aliphatic carbocycles. The number of amides is 2. The molecule has 0 saturated carbocycles. The van der Waals surface area contributed by atoms with Crippen molar-refractivity contribution in [3.63, 3.8) is 0 Å². The van der Waals surface area contributed by atoms with E-state index < -0.39 is 0 Å². The Bertz CT molecular complexity index is 885. The summed E-state index contributed by atoms with van der Waals surface area (Å²) in [5, 5.41) is 9.84. The Balaban J connectivity index is 1.42. The van der Waals surface area contributed by atoms with Gasteiger partial charge in [0.15, 0.2) is 5.76 Å². The summed E-state index contributed by atoms with van der Waals surface area (Å²) >= 11 is 0. The Hall–Kier alpha value is -3.55. The van der Waals surface area contributed by atoms with Crippen LogP contribution in [0.4, 0.5) is 0 Å². The molecule has 3 rings (SSSR count). The molecule has 0 unspecified atom stereocenters. The van der Waals surface area contributed by atoms with Crippen LogP contribution in [0.5, 0.6) is 5.75 Å². The van der Waals surface area contributed by atoms with E-state index in [1.807, 2.05) is 36.5 Å². The van der Waals surface area contributed by atoms with Gasteiger partial charge in [0, 0.05) is 19.2 Å². The highest BCUT2D eigenvalue weighted by Crippen LogP contribution is 2.14. The van der Waals surface area contributed by atoms with Gasteiger partial charge >= 0.3 is 0 Å². The van der Waals surface area contributed by atoms with Crippen LogP contribution in [0.25, 0.3) is 5.69 Å². The number of nitrogens with zero attached hydrogens (tertiary/aromatic N) is 2. The predicted molar refractivity (Wildman–Crippen MR) is 97.6 cm³/mol. The topological polar surface area (TPSA) is 98.4 Å². The Labute approximate surface area is 156 Å². The quantitative estimate of drug-likeness (QED) is 0.633. The van der Waals surface area contributed by atoms with Crippen molar-refractivity contribution in [2.24, 2.45) is 0 Å². The van der Waals surface area contributed by atoms with Crippen LogP contribution in [-0.2, 0) is 11.3 Å². The summed E-state index contributed by atoms with van der Waals surface area (Å²) in [6.45, 7) is 0.541. The van der Waals surface area contributed by atoms with E-state index >= 15 is 0 Å². The zero-order valence-corrected chi connectivity index (χ0v) is 14.8. The summed E-state index contributed by atoms with van der Waals surface area (Å²) in [6, 6.07) is 12.5. The number of carbonyl (C=O) groups excluding carboxylic acids is 2. The van der Waals surface area contributed by atoms with Crippen LogP contribution < -0.4 is 15.4 Å². The number of hydrogen-bond acceptors (Lipinski definition) is 5. The molecule has 1 aromatic carbocycles. The van der Waals surface area contributed by atoms with Gasteiger partial charge in [-0.3, -0.25) is 9.59 Å². The van der Waals surface area contributed by atoms with E-state index in [0.29, 0.717) is 6.54 Å². The lowest BCUT2D eigenvalue weighted by Gasteiger charge is -2.05. The normalized spacial score (nSPS) is 10.4. The van der Waals surface area contributed by atoms with E-state index in [1.165, 1.54) is 6.26 Å². The predicted octanol–water partition coefficient (Wildman–Crippen LogP) is 1.91. The van der Waals surface area contributed by atoms with Gasteiger partial charge in [-0.25, -0.2) is 4.68 Å². The van der Waals surface area contributed by atoms with Gasteiger partial charge in [0.2, 0.25) is 5.91 Å². The highest BCUT2D eigenvalue weighted by atomic mass is 16.5. The average Bonchev–Trinajstić information content (AvgIpc) is 3.38. The summed E-state index contributed by atoms with van der Waals surface area (Å²) in [5.41, 5.74) is 1.63. The molecule has 8 heteroatoms. The van der Waals surface area contributed by atoms with E-state index in [-0.39, 0.29) is 30.5 Å². The summed E-state index contributed by atoms with van der Waals surface area (Å²) in [5.74, 6) is 0.483. The second kappa shape index (κ2) is 8.70. The summed E-state index contributed by atoms with van der Waals surface area (Å²) < 4.78 is 11.8. The summed E-state index contributed by atoms with van der Waals surface area (Å²) in [7, 11) is 1.62. The lowest BCUT2D eigenvalue weighted by atomic mass is 10.3. The first-order valence-corrected chi connectivity index (χ1v) is 8.43. The molecule has 0 spiro atoms. The number of carbonyl (C=O) groups is 2. The van der Waals surface area contributed by atoms with Crippen LogP contribution >= 0.6 is 0 Å². The van der Waals surface area contributed by atoms with Crippen molar-refractivity contribution in [1.82, 2.24) is 20.4 Å². The fourth-order valence-electron chi connectivity index (χ4n) is 2.40. The van der Waals surface area contributed by atoms with E-state index in [1.54, 1.807) is 23.9 Å². The van der Waals surface area contributed by atoms with Gasteiger partial charge in [-0.15, -0.1) is 0 Å². The monoisotopic (exact) mass is 368 g/mol. The second-order valence-electron chi connectivity index (χ2n) is 5.71. The number of nitrogens with one attached hydrogen (secondary N) is 2. The second-order valence-corrected chi connectivity index (χ2v) is 5.71. The Morgan fingerprint density at radius 2 is 1.96 bits per heavy atom. The third kappa shape index (κ3) is 4.97. The Kier molecular flexibility index (Phi) is 5.88. The Morgan fingerprint density at radius 3 is 2.67 bits per heavy atom. The van der Waals surface area contributed by atoms with Crippen molar-refractivity contribution in [2.45, 2.75) is 13.0 Å². The molecule has 2 N–H and O–H groups in total. The molecule has 27 heavy (non-hydrogen) atoms. The van der Waals surface area contributed by atoms with Crippen molar-refractivity contribution >= 4 is 11.8 Å². The number of rotatable bonds is 8. The molecule has 0 bridgehead atoms. The molecule has 2 heterocycles. The fraction of sp³-hybridized carbons (Fsp3) is 0.211. The lowest BCUT2D eigenvalue weighted by Crippen LogP contribution is -2.30. The zero-order valence-electron chi connectivity index (χ0n) is 14.8. The minimum Gasteiger partial charge on any atom is -0.497 e. The SMILES string of the molecule is COc1ccc(-n2ccc(CNC(=O)CCNC(=O)c3ccco3)n2)cc1. The third-order valence-corrected chi connectivity index (χ3v) is 3.83. The number of methoxy groups -OCH3 is 1. The number of benzene rings is 1. The van der Waals surface area contributed by atoms with Crippen LogP contribution in [0.1, 0.15) is 22.7 Å². The smallest absolute Gasteiger partial charge is 0.286 e. The van der Waals surface area contributed by atoms with Gasteiger partial charge in [0.25, 0.3) is 5.91 Å². The molecule has 0 fully saturated rings. The van der Waals surface area contributed by atoms with E-state index in [2.05, 4.69) is 15.7 Å². The molecular formula is C19H20N4O4. The largest absolute Gasteiger partial charge is 0.497 e. The van der Waals surface area contributed by atoms with Crippen molar-refractivity contribution in [2.75, 3.05) is 13.7 Å². The van der Waals surface area contributed by atoms with Crippen LogP contribution in [0.15, 0.2) is 59.3 Å². The molecule has 0 saturated heterocycles. The van der Waals surface area contributed by atoms with E-state index in [9.17, 15) is 9.59 Å². The Morgan fingerprint density at radius 1 is 1.15 bits per heavy atom. The van der Waals surface area contributed by atoms with E-state index in [4.69, 9.17) is 9.15 Å². The first-order valence-electron chi connectivity index (χ1n) is 8.43. The van der Waals surface area contributed by atoms with Crippen LogP contribution in [-0.4, -0.2) is 35.2 Å². The van der Waals surface area contributed by atoms with Gasteiger partial charge in [0.05, 0.1) is 31.3 Å². The molecule has 0 aliphatic rings. The van der Waals surface area contributed by atoms with Crippen LogP contribution in [0.2, 0.25) is 0 Å². The summed E-state index contributed by atoms with van der Waals surface area (Å²) in [4.78, 5) is 23.6. The lowest BCUT2D eigenvalue weighted by molar-refractivity contribution is -0.121. The maximum absolute atomic E-state index is 11.9.